The van der Waals surface area contributed by atoms with E-state index in [1.165, 1.54) is 28.0 Å². The smallest absolute Gasteiger partial charge is 0.0608 e. The summed E-state index contributed by atoms with van der Waals surface area (Å²) < 4.78 is 0. The van der Waals surface area contributed by atoms with Crippen LogP contribution in [0.2, 0.25) is 0 Å². The second kappa shape index (κ2) is 8.05. The molecule has 0 spiro atoms. The molecule has 0 unspecified atom stereocenters. The van der Waals surface area contributed by atoms with Gasteiger partial charge in [0.2, 0.25) is 0 Å². The van der Waals surface area contributed by atoms with Crippen LogP contribution in [-0.2, 0) is 0 Å². The maximum absolute atomic E-state index is 4.30. The summed E-state index contributed by atoms with van der Waals surface area (Å²) in [7, 11) is 2.08. The molecule has 2 heteroatoms. The molecule has 2 nitrogen and oxygen atoms in total. The van der Waals surface area contributed by atoms with Gasteiger partial charge in [-0.1, -0.05) is 43.3 Å². The number of allylic oxidation sites excluding steroid dienone is 2. The van der Waals surface area contributed by atoms with Crippen molar-refractivity contribution in [1.82, 2.24) is 9.80 Å². The number of rotatable bonds is 7. The van der Waals surface area contributed by atoms with E-state index >= 15 is 0 Å². The van der Waals surface area contributed by atoms with E-state index in [-0.39, 0.29) is 0 Å². The molecule has 0 saturated heterocycles. The van der Waals surface area contributed by atoms with Gasteiger partial charge in [-0.25, -0.2) is 0 Å². The Bertz CT molecular complexity index is 679. The molecule has 128 valence electrons. The minimum absolute atomic E-state index is 0.982. The topological polar surface area (TPSA) is 6.48 Å². The molecule has 24 heavy (non-hydrogen) atoms. The number of hydrogen-bond donors (Lipinski definition) is 0. The molecule has 1 heterocycles. The maximum atomic E-state index is 4.30. The summed E-state index contributed by atoms with van der Waals surface area (Å²) in [5, 5.41) is 0. The summed E-state index contributed by atoms with van der Waals surface area (Å²) >= 11 is 0. The van der Waals surface area contributed by atoms with Gasteiger partial charge in [-0.15, -0.1) is 6.58 Å². The first-order chi connectivity index (χ1) is 11.5. The summed E-state index contributed by atoms with van der Waals surface area (Å²) in [6.45, 7) is 16.7. The van der Waals surface area contributed by atoms with Crippen molar-refractivity contribution in [3.05, 3.63) is 77.8 Å². The van der Waals surface area contributed by atoms with Crippen LogP contribution in [-0.4, -0.2) is 29.9 Å². The molecule has 0 aliphatic carbocycles. The highest BCUT2D eigenvalue weighted by Gasteiger charge is 2.20. The van der Waals surface area contributed by atoms with Crippen LogP contribution >= 0.6 is 0 Å². The zero-order valence-corrected chi connectivity index (χ0v) is 15.6. The highest BCUT2D eigenvalue weighted by molar-refractivity contribution is 5.79. The number of hydrogen-bond acceptors (Lipinski definition) is 2. The maximum Gasteiger partial charge on any atom is 0.0608 e. The van der Waals surface area contributed by atoms with Crippen molar-refractivity contribution in [2.75, 3.05) is 20.1 Å². The minimum Gasteiger partial charge on any atom is -0.370 e. The summed E-state index contributed by atoms with van der Waals surface area (Å²) in [6, 6.07) is 6.64. The summed E-state index contributed by atoms with van der Waals surface area (Å²) in [4.78, 5) is 4.57. The third-order valence-electron chi connectivity index (χ3n) is 4.49. The number of likely N-dealkylation sites (N-methyl/N-ethyl adjacent to an activating group) is 1. The van der Waals surface area contributed by atoms with Crippen LogP contribution in [0.4, 0.5) is 0 Å². The van der Waals surface area contributed by atoms with Crippen molar-refractivity contribution in [3.8, 4) is 0 Å². The lowest BCUT2D eigenvalue weighted by Crippen LogP contribution is -2.31. The third kappa shape index (κ3) is 4.00. The van der Waals surface area contributed by atoms with E-state index in [1.807, 2.05) is 6.08 Å². The first-order valence-electron chi connectivity index (χ1n) is 8.77. The van der Waals surface area contributed by atoms with Crippen molar-refractivity contribution in [1.29, 1.82) is 0 Å². The molecule has 0 N–H and O–H groups in total. The van der Waals surface area contributed by atoms with E-state index in [2.05, 4.69) is 81.3 Å². The average Bonchev–Trinajstić information content (AvgIpc) is 2.56. The minimum atomic E-state index is 0.982. The van der Waals surface area contributed by atoms with Gasteiger partial charge >= 0.3 is 0 Å². The van der Waals surface area contributed by atoms with Crippen molar-refractivity contribution in [2.45, 2.75) is 33.6 Å². The fourth-order valence-electron chi connectivity index (χ4n) is 3.07. The summed E-state index contributed by atoms with van der Waals surface area (Å²) in [5.74, 6) is 0. The Morgan fingerprint density at radius 3 is 2.62 bits per heavy atom. The molecule has 1 aromatic rings. The second-order valence-electron chi connectivity index (χ2n) is 6.55. The van der Waals surface area contributed by atoms with Gasteiger partial charge in [0.25, 0.3) is 0 Å². The highest BCUT2D eigenvalue weighted by Crippen LogP contribution is 2.31. The molecule has 1 aromatic carbocycles. The fraction of sp³-hybridized carbons (Fsp3) is 0.364. The Morgan fingerprint density at radius 2 is 1.96 bits per heavy atom. The molecule has 0 fully saturated rings. The molecule has 1 aliphatic rings. The van der Waals surface area contributed by atoms with E-state index in [0.29, 0.717) is 0 Å². The molecule has 2 rings (SSSR count). The summed E-state index contributed by atoms with van der Waals surface area (Å²) in [6.07, 6.45) is 8.57. The van der Waals surface area contributed by atoms with Crippen molar-refractivity contribution >= 4 is 5.57 Å². The Labute approximate surface area is 147 Å². The van der Waals surface area contributed by atoms with Gasteiger partial charge < -0.3 is 9.80 Å². The van der Waals surface area contributed by atoms with Gasteiger partial charge in [0.05, 0.1) is 11.4 Å². The number of aryl methyl sites for hydroxylation is 2. The van der Waals surface area contributed by atoms with E-state index in [0.717, 1.165) is 31.6 Å². The van der Waals surface area contributed by atoms with Crippen molar-refractivity contribution < 1.29 is 0 Å². The quantitative estimate of drug-likeness (QED) is 0.631. The molecular formula is C22H30N2. The molecule has 0 atom stereocenters. The molecule has 0 bridgehead atoms. The first kappa shape index (κ1) is 18.1. The van der Waals surface area contributed by atoms with E-state index in [1.54, 1.807) is 0 Å². The SMILES string of the molecule is C=CCCN(CCC)C1=CC(c2cc(C)ccc2C)=CN(C)C1=C. The van der Waals surface area contributed by atoms with Crippen LogP contribution in [0.15, 0.2) is 61.1 Å². The lowest BCUT2D eigenvalue weighted by molar-refractivity contribution is 0.339. The second-order valence-corrected chi connectivity index (χ2v) is 6.55. The van der Waals surface area contributed by atoms with Gasteiger partial charge in [-0.2, -0.15) is 0 Å². The predicted octanol–water partition coefficient (Wildman–Crippen LogP) is 5.28. The number of benzene rings is 1. The van der Waals surface area contributed by atoms with Gasteiger partial charge in [0.1, 0.15) is 0 Å². The van der Waals surface area contributed by atoms with Crippen LogP contribution in [0.1, 0.15) is 36.5 Å². The Hall–Kier alpha value is -2.22. The van der Waals surface area contributed by atoms with Crippen LogP contribution in [0.25, 0.3) is 5.57 Å². The lowest BCUT2D eigenvalue weighted by atomic mass is 9.96. The third-order valence-corrected chi connectivity index (χ3v) is 4.49. The van der Waals surface area contributed by atoms with Gasteiger partial charge in [-0.3, -0.25) is 0 Å². The molecular weight excluding hydrogens is 292 g/mol. The van der Waals surface area contributed by atoms with Crippen molar-refractivity contribution in [3.63, 3.8) is 0 Å². The standard InChI is InChI=1S/C22H30N2/c1-7-9-13-24(12-8-2)22-15-20(16-23(6)19(22)5)21-14-17(3)10-11-18(21)4/h7,10-11,14-16H,1,5,8-9,12-13H2,2-4,6H3. The zero-order valence-electron chi connectivity index (χ0n) is 15.6. The van der Waals surface area contributed by atoms with Crippen LogP contribution in [0.5, 0.6) is 0 Å². The van der Waals surface area contributed by atoms with E-state index < -0.39 is 0 Å². The van der Waals surface area contributed by atoms with E-state index in [4.69, 9.17) is 0 Å². The number of nitrogens with zero attached hydrogens (tertiary/aromatic N) is 2. The predicted molar refractivity (Wildman–Crippen MR) is 106 cm³/mol. The van der Waals surface area contributed by atoms with Gasteiger partial charge in [0, 0.05) is 31.9 Å². The Morgan fingerprint density at radius 1 is 1.21 bits per heavy atom. The lowest BCUT2D eigenvalue weighted by Gasteiger charge is -2.34. The molecule has 1 aliphatic heterocycles. The Balaban J connectivity index is 2.44. The molecule has 0 radical (unpaired) electrons. The van der Waals surface area contributed by atoms with Crippen LogP contribution < -0.4 is 0 Å². The van der Waals surface area contributed by atoms with Gasteiger partial charge in [-0.05, 0) is 43.9 Å². The molecule has 0 amide bonds. The Kier molecular flexibility index (Phi) is 6.08. The molecule has 0 aromatic heterocycles. The molecule has 0 saturated carbocycles. The average molecular weight is 322 g/mol. The largest absolute Gasteiger partial charge is 0.370 e. The van der Waals surface area contributed by atoms with Crippen molar-refractivity contribution in [2.24, 2.45) is 0 Å². The van der Waals surface area contributed by atoms with E-state index in [9.17, 15) is 0 Å². The monoisotopic (exact) mass is 322 g/mol. The van der Waals surface area contributed by atoms with Crippen LogP contribution in [0, 0.1) is 13.8 Å². The highest BCUT2D eigenvalue weighted by atomic mass is 15.2. The van der Waals surface area contributed by atoms with Crippen LogP contribution in [0.3, 0.4) is 0 Å². The first-order valence-corrected chi connectivity index (χ1v) is 8.77. The summed E-state index contributed by atoms with van der Waals surface area (Å²) in [5.41, 5.74) is 7.42. The van der Waals surface area contributed by atoms with Gasteiger partial charge in [0.15, 0.2) is 0 Å². The fourth-order valence-corrected chi connectivity index (χ4v) is 3.07. The normalized spacial score (nSPS) is 14.3. The zero-order chi connectivity index (χ0) is 17.7.